The Bertz CT molecular complexity index is 1480. The number of nitro groups is 2. The Morgan fingerprint density at radius 2 is 0.919 bits per heavy atom. The summed E-state index contributed by atoms with van der Waals surface area (Å²) in [6.45, 7) is 0. The molecule has 0 aliphatic rings. The minimum atomic E-state index is -0.585. The molecule has 4 aromatic rings. The van der Waals surface area contributed by atoms with E-state index in [1.165, 1.54) is 60.7 Å². The maximum atomic E-state index is 11.5. The SMILES string of the molecule is O=[N+]([O-])c1ccc(Oc2ccc([N+](=O)[O-])cc2-c2cc(Cl)cc(Cl)c2Cl)c(-c2cc(Cl)cc(Cl)c2Cl)c1. The Morgan fingerprint density at radius 3 is 1.27 bits per heavy atom. The molecule has 188 valence electrons. The van der Waals surface area contributed by atoms with Crippen LogP contribution in [0.4, 0.5) is 11.4 Å². The van der Waals surface area contributed by atoms with E-state index in [1.807, 2.05) is 0 Å². The van der Waals surface area contributed by atoms with E-state index < -0.39 is 9.85 Å². The van der Waals surface area contributed by atoms with Crippen molar-refractivity contribution < 1.29 is 14.6 Å². The maximum absolute atomic E-state index is 11.5. The van der Waals surface area contributed by atoms with Gasteiger partial charge in [0.2, 0.25) is 0 Å². The zero-order chi connectivity index (χ0) is 27.0. The second kappa shape index (κ2) is 10.9. The molecule has 0 fully saturated rings. The zero-order valence-corrected chi connectivity index (χ0v) is 22.5. The molecule has 0 spiro atoms. The molecule has 0 aromatic heterocycles. The molecule has 0 N–H and O–H groups in total. The fourth-order valence-corrected chi connectivity index (χ4v) is 4.89. The van der Waals surface area contributed by atoms with Crippen LogP contribution in [-0.4, -0.2) is 9.85 Å². The van der Waals surface area contributed by atoms with E-state index in [9.17, 15) is 20.2 Å². The molecule has 0 unspecified atom stereocenters. The van der Waals surface area contributed by atoms with Crippen LogP contribution in [0.5, 0.6) is 11.5 Å². The normalized spacial score (nSPS) is 10.9. The monoisotopic (exact) mass is 616 g/mol. The van der Waals surface area contributed by atoms with Gasteiger partial charge in [0.25, 0.3) is 11.4 Å². The molecule has 0 saturated heterocycles. The molecular weight excluding hydrogens is 609 g/mol. The zero-order valence-electron chi connectivity index (χ0n) is 18.0. The molecule has 7 nitrogen and oxygen atoms in total. The van der Waals surface area contributed by atoms with Crippen molar-refractivity contribution in [1.29, 1.82) is 0 Å². The molecule has 0 radical (unpaired) electrons. The third-order valence-electron chi connectivity index (χ3n) is 5.13. The molecule has 0 heterocycles. The number of hydrogen-bond acceptors (Lipinski definition) is 5. The fraction of sp³-hybridized carbons (Fsp3) is 0. The van der Waals surface area contributed by atoms with E-state index in [0.717, 1.165) is 0 Å². The smallest absolute Gasteiger partial charge is 0.270 e. The van der Waals surface area contributed by atoms with Gasteiger partial charge in [-0.2, -0.15) is 0 Å². The van der Waals surface area contributed by atoms with Crippen LogP contribution in [0.1, 0.15) is 0 Å². The van der Waals surface area contributed by atoms with Crippen LogP contribution in [0, 0.1) is 20.2 Å². The first-order valence-electron chi connectivity index (χ1n) is 10.0. The molecule has 0 amide bonds. The van der Waals surface area contributed by atoms with Crippen LogP contribution in [0.15, 0.2) is 60.7 Å². The number of nitrogens with zero attached hydrogens (tertiary/aromatic N) is 2. The van der Waals surface area contributed by atoms with Crippen LogP contribution < -0.4 is 4.74 Å². The summed E-state index contributed by atoms with van der Waals surface area (Å²) in [5, 5.41) is 23.9. The van der Waals surface area contributed by atoms with Gasteiger partial charge in [0.15, 0.2) is 0 Å². The third kappa shape index (κ3) is 5.72. The lowest BCUT2D eigenvalue weighted by molar-refractivity contribution is -0.385. The highest BCUT2D eigenvalue weighted by Crippen LogP contribution is 2.46. The lowest BCUT2D eigenvalue weighted by Gasteiger charge is -2.17. The summed E-state index contributed by atoms with van der Waals surface area (Å²) in [6.07, 6.45) is 0. The van der Waals surface area contributed by atoms with Gasteiger partial charge < -0.3 is 4.74 Å². The van der Waals surface area contributed by atoms with E-state index in [0.29, 0.717) is 0 Å². The van der Waals surface area contributed by atoms with Crippen molar-refractivity contribution in [3.63, 3.8) is 0 Å². The predicted octanol–water partition coefficient (Wildman–Crippen LogP) is 10.5. The van der Waals surface area contributed by atoms with Gasteiger partial charge in [0.05, 0.1) is 29.9 Å². The summed E-state index contributed by atoms with van der Waals surface area (Å²) in [7, 11) is 0. The van der Waals surface area contributed by atoms with Gasteiger partial charge in [0, 0.05) is 56.6 Å². The molecule has 0 saturated carbocycles. The Hall–Kier alpha value is -2.78. The highest BCUT2D eigenvalue weighted by atomic mass is 35.5. The molecular formula is C24H10Cl6N2O5. The van der Waals surface area contributed by atoms with Crippen molar-refractivity contribution in [3.05, 3.63) is 111 Å². The van der Waals surface area contributed by atoms with Crippen LogP contribution in [0.25, 0.3) is 22.3 Å². The summed E-state index contributed by atoms with van der Waals surface area (Å²) in [6, 6.07) is 13.5. The topological polar surface area (TPSA) is 95.5 Å². The van der Waals surface area contributed by atoms with Crippen molar-refractivity contribution in [2.75, 3.05) is 0 Å². The fourth-order valence-electron chi connectivity index (χ4n) is 3.48. The van der Waals surface area contributed by atoms with Crippen molar-refractivity contribution >= 4 is 81.0 Å². The number of nitro benzene ring substituents is 2. The molecule has 37 heavy (non-hydrogen) atoms. The molecule has 4 aromatic carbocycles. The summed E-state index contributed by atoms with van der Waals surface area (Å²) < 4.78 is 6.15. The minimum Gasteiger partial charge on any atom is -0.456 e. The average Bonchev–Trinajstić information content (AvgIpc) is 2.84. The highest BCUT2D eigenvalue weighted by molar-refractivity contribution is 6.45. The highest BCUT2D eigenvalue weighted by Gasteiger charge is 2.22. The molecule has 0 bridgehead atoms. The molecule has 0 aliphatic heterocycles. The lowest BCUT2D eigenvalue weighted by Crippen LogP contribution is -1.96. The summed E-state index contributed by atoms with van der Waals surface area (Å²) >= 11 is 37.5. The minimum absolute atomic E-state index is 0.0880. The first kappa shape index (κ1) is 27.3. The first-order valence-corrected chi connectivity index (χ1v) is 12.3. The Kier molecular flexibility index (Phi) is 8.04. The van der Waals surface area contributed by atoms with Gasteiger partial charge in [-0.3, -0.25) is 20.2 Å². The van der Waals surface area contributed by atoms with Crippen LogP contribution >= 0.6 is 69.6 Å². The van der Waals surface area contributed by atoms with Gasteiger partial charge >= 0.3 is 0 Å². The van der Waals surface area contributed by atoms with E-state index >= 15 is 0 Å². The number of non-ortho nitro benzene ring substituents is 2. The Balaban J connectivity index is 1.96. The van der Waals surface area contributed by atoms with Gasteiger partial charge in [0.1, 0.15) is 11.5 Å². The van der Waals surface area contributed by atoms with Gasteiger partial charge in [-0.1, -0.05) is 69.6 Å². The number of benzene rings is 4. The van der Waals surface area contributed by atoms with E-state index in [1.54, 1.807) is 0 Å². The number of halogens is 6. The largest absolute Gasteiger partial charge is 0.456 e. The summed E-state index contributed by atoms with van der Waals surface area (Å²) in [4.78, 5) is 21.8. The average molecular weight is 619 g/mol. The van der Waals surface area contributed by atoms with Crippen molar-refractivity contribution in [1.82, 2.24) is 0 Å². The molecule has 4 rings (SSSR count). The second-order valence-corrected chi connectivity index (χ2v) is 9.92. The molecule has 0 atom stereocenters. The lowest BCUT2D eigenvalue weighted by atomic mass is 10.0. The maximum Gasteiger partial charge on any atom is 0.270 e. The Morgan fingerprint density at radius 1 is 0.541 bits per heavy atom. The van der Waals surface area contributed by atoms with Crippen LogP contribution in [0.2, 0.25) is 30.1 Å². The van der Waals surface area contributed by atoms with Crippen molar-refractivity contribution in [2.45, 2.75) is 0 Å². The Labute approximate surface area is 239 Å². The van der Waals surface area contributed by atoms with Gasteiger partial charge in [-0.05, 0) is 36.4 Å². The van der Waals surface area contributed by atoms with E-state index in [2.05, 4.69) is 0 Å². The van der Waals surface area contributed by atoms with Gasteiger partial charge in [-0.25, -0.2) is 0 Å². The standard InChI is InChI=1S/C24H10Cl6N2O5/c25-11-5-17(23(29)19(27)7-11)15-9-13(31(33)34)1-3-21(15)37-22-4-2-14(32(35)36)10-16(22)18-6-12(26)8-20(28)24(18)30/h1-10H. The summed E-state index contributed by atoms with van der Waals surface area (Å²) in [5.41, 5.74) is 0.438. The molecule has 0 aliphatic carbocycles. The quantitative estimate of drug-likeness (QED) is 0.122. The predicted molar refractivity (Wildman–Crippen MR) is 147 cm³/mol. The number of rotatable bonds is 6. The number of hydrogen-bond donors (Lipinski definition) is 0. The van der Waals surface area contributed by atoms with E-state index in [4.69, 9.17) is 74.3 Å². The molecule has 13 heteroatoms. The first-order chi connectivity index (χ1) is 17.5. The van der Waals surface area contributed by atoms with Crippen molar-refractivity contribution in [3.8, 4) is 33.8 Å². The summed E-state index contributed by atoms with van der Waals surface area (Å²) in [5.74, 6) is 0.232. The van der Waals surface area contributed by atoms with Crippen LogP contribution in [-0.2, 0) is 0 Å². The van der Waals surface area contributed by atoms with Gasteiger partial charge in [-0.15, -0.1) is 0 Å². The third-order valence-corrected chi connectivity index (χ3v) is 7.17. The van der Waals surface area contributed by atoms with E-state index in [-0.39, 0.29) is 75.3 Å². The second-order valence-electron chi connectivity index (χ2n) is 7.48. The van der Waals surface area contributed by atoms with Crippen molar-refractivity contribution in [2.24, 2.45) is 0 Å². The number of ether oxygens (including phenoxy) is 1. The van der Waals surface area contributed by atoms with Crippen LogP contribution in [0.3, 0.4) is 0 Å².